The second-order valence-electron chi connectivity index (χ2n) is 18.4. The Morgan fingerprint density at radius 3 is 2.06 bits per heavy atom. The van der Waals surface area contributed by atoms with Gasteiger partial charge in [-0.3, -0.25) is 47.9 Å². The number of hydrogen-bond donors (Lipinski definition) is 12. The number of nitrogens with two attached hydrogens (primary N) is 3. The number of carbonyl (C=O) groups is 12. The Bertz CT molecular complexity index is 2060. The van der Waals surface area contributed by atoms with Crippen molar-refractivity contribution >= 4 is 71.6 Å². The summed E-state index contributed by atoms with van der Waals surface area (Å²) in [6.07, 6.45) is -1.63. The molecule has 1 heterocycles. The van der Waals surface area contributed by atoms with Crippen LogP contribution in [-0.4, -0.2) is 157 Å². The number of carbonyl (C=O) groups excluding carboxylic acids is 12. The van der Waals surface area contributed by atoms with E-state index >= 15 is 0 Å². The van der Waals surface area contributed by atoms with Crippen molar-refractivity contribution in [3.8, 4) is 5.75 Å². The molecule has 382 valence electrons. The van der Waals surface area contributed by atoms with Gasteiger partial charge in [-0.05, 0) is 41.9 Å². The number of phenols is 1. The van der Waals surface area contributed by atoms with Gasteiger partial charge in [0, 0.05) is 39.4 Å². The predicted octanol–water partition coefficient (Wildman–Crippen LogP) is -4.87. The molecule has 0 aromatic heterocycles. The van der Waals surface area contributed by atoms with Crippen molar-refractivity contribution in [2.45, 2.75) is 115 Å². The molecule has 25 nitrogen and oxygen atoms in total. The highest BCUT2D eigenvalue weighted by molar-refractivity contribution is 5.96. The third-order valence-electron chi connectivity index (χ3n) is 11.4. The van der Waals surface area contributed by atoms with Crippen molar-refractivity contribution in [1.29, 1.82) is 0 Å². The average Bonchev–Trinajstić information content (AvgIpc) is 3.27. The van der Waals surface area contributed by atoms with Crippen LogP contribution in [0.1, 0.15) is 78.7 Å². The summed E-state index contributed by atoms with van der Waals surface area (Å²) in [5.41, 5.74) is 11.9. The van der Waals surface area contributed by atoms with Crippen molar-refractivity contribution in [1.82, 2.24) is 47.4 Å². The lowest BCUT2D eigenvalue weighted by atomic mass is 9.86. The van der Waals surface area contributed by atoms with Crippen molar-refractivity contribution < 1.29 is 62.6 Å². The summed E-state index contributed by atoms with van der Waals surface area (Å²) in [7, 11) is 1.19. The molecule has 0 spiro atoms. The van der Waals surface area contributed by atoms with Gasteiger partial charge in [-0.15, -0.1) is 0 Å². The molecule has 0 radical (unpaired) electrons. The third-order valence-corrected chi connectivity index (χ3v) is 11.4. The first-order valence-corrected chi connectivity index (χ1v) is 22.2. The molecule has 1 aliphatic rings. The number of hydrogen-bond acceptors (Lipinski definition) is 15. The number of aldehydes is 2. The van der Waals surface area contributed by atoms with Crippen LogP contribution in [0.2, 0.25) is 0 Å². The summed E-state index contributed by atoms with van der Waals surface area (Å²) in [6.45, 7) is 5.43. The van der Waals surface area contributed by atoms with E-state index in [9.17, 15) is 62.6 Å². The van der Waals surface area contributed by atoms with Crippen LogP contribution in [0.25, 0.3) is 0 Å². The van der Waals surface area contributed by atoms with Crippen molar-refractivity contribution in [2.75, 3.05) is 39.8 Å². The van der Waals surface area contributed by atoms with Gasteiger partial charge in [0.25, 0.3) is 0 Å². The second-order valence-corrected chi connectivity index (χ2v) is 18.4. The van der Waals surface area contributed by atoms with Crippen LogP contribution < -0.4 is 59.7 Å². The smallest absolute Gasteiger partial charge is 0.245 e. The molecular weight excluding hydrogens is 905 g/mol. The highest BCUT2D eigenvalue weighted by atomic mass is 16.3. The number of rotatable bonds is 18. The molecule has 0 aliphatic carbocycles. The quantitative estimate of drug-likeness (QED) is 0.0614. The maximum Gasteiger partial charge on any atom is 0.245 e. The fourth-order valence-electron chi connectivity index (χ4n) is 7.19. The number of aromatic hydroxyl groups is 1. The minimum absolute atomic E-state index is 0.0746. The van der Waals surface area contributed by atoms with E-state index in [1.807, 2.05) is 0 Å². The van der Waals surface area contributed by atoms with Gasteiger partial charge in [-0.25, -0.2) is 0 Å². The normalized spacial score (nSPS) is 23.2. The molecule has 10 amide bonds. The summed E-state index contributed by atoms with van der Waals surface area (Å²) in [4.78, 5) is 158. The average molecular weight is 973 g/mol. The Kier molecular flexibility index (Phi) is 22.3. The fraction of sp³-hybridized carbons (Fsp3) is 0.591. The number of nitrogens with zero attached hydrogens (tertiary/aromatic N) is 1. The van der Waals surface area contributed by atoms with E-state index < -0.39 is 164 Å². The lowest BCUT2D eigenvalue weighted by Gasteiger charge is -2.36. The molecule has 25 heteroatoms. The predicted molar refractivity (Wildman–Crippen MR) is 246 cm³/mol. The Balaban J connectivity index is 2.67. The van der Waals surface area contributed by atoms with Crippen LogP contribution in [0.5, 0.6) is 5.75 Å². The first-order chi connectivity index (χ1) is 32.2. The minimum atomic E-state index is -2.00. The van der Waals surface area contributed by atoms with Crippen LogP contribution in [0.3, 0.4) is 0 Å². The van der Waals surface area contributed by atoms with E-state index in [4.69, 9.17) is 17.2 Å². The number of benzene rings is 1. The Hall–Kier alpha value is -7.02. The first kappa shape index (κ1) is 58.1. The van der Waals surface area contributed by atoms with Crippen LogP contribution in [0, 0.1) is 11.3 Å². The molecule has 2 rings (SSSR count). The lowest BCUT2D eigenvalue weighted by Crippen LogP contribution is -2.65. The zero-order valence-corrected chi connectivity index (χ0v) is 39.9. The number of amides is 10. The topological polar surface area (TPSA) is 403 Å². The second kappa shape index (κ2) is 26.5. The summed E-state index contributed by atoms with van der Waals surface area (Å²) in [6, 6.07) is 0.101. The van der Waals surface area contributed by atoms with E-state index in [-0.39, 0.29) is 18.7 Å². The number of phenolic OH excluding ortho intramolecular Hbond substituents is 1. The highest BCUT2D eigenvalue weighted by Gasteiger charge is 2.40. The van der Waals surface area contributed by atoms with Gasteiger partial charge < -0.3 is 79.3 Å². The van der Waals surface area contributed by atoms with Gasteiger partial charge in [0.05, 0.1) is 38.1 Å². The molecule has 1 aromatic carbocycles. The van der Waals surface area contributed by atoms with Gasteiger partial charge >= 0.3 is 0 Å². The Morgan fingerprint density at radius 1 is 0.884 bits per heavy atom. The van der Waals surface area contributed by atoms with Crippen molar-refractivity contribution in [2.24, 2.45) is 28.5 Å². The summed E-state index contributed by atoms with van der Waals surface area (Å²) in [5.74, 6) is -9.37. The molecule has 69 heavy (non-hydrogen) atoms. The SMILES string of the molecule is CCC(C)C1NC[C@@](C=O)(Cc2ccc(O)cc2)NC(=O)CNC(=O)CC[C@@H](C(=O)N(C)CC(=O)N[C@H](C(=O)NCC(N)=O)C(C)(C)C)NC(=O)[C@H](CC(N)=O)NC[C@](C=O)(CCC(N)=O)NC1=O. The zero-order chi connectivity index (χ0) is 52.3. The number of likely N-dealkylation sites (N-methyl/N-ethyl adjacent to an activating group) is 1. The Labute approximate surface area is 399 Å². The van der Waals surface area contributed by atoms with Crippen LogP contribution in [0.15, 0.2) is 24.3 Å². The van der Waals surface area contributed by atoms with Gasteiger partial charge in [-0.1, -0.05) is 53.2 Å². The number of nitrogens with one attached hydrogen (secondary N) is 8. The summed E-state index contributed by atoms with van der Waals surface area (Å²) < 4.78 is 0. The fourth-order valence-corrected chi connectivity index (χ4v) is 7.19. The molecule has 1 saturated heterocycles. The van der Waals surface area contributed by atoms with Gasteiger partial charge in [-0.2, -0.15) is 0 Å². The molecule has 1 aliphatic heterocycles. The van der Waals surface area contributed by atoms with Crippen LogP contribution in [-0.2, 0) is 64.0 Å². The summed E-state index contributed by atoms with van der Waals surface area (Å²) >= 11 is 0. The van der Waals surface area contributed by atoms with Crippen LogP contribution >= 0.6 is 0 Å². The van der Waals surface area contributed by atoms with E-state index in [2.05, 4.69) is 42.5 Å². The molecule has 15 N–H and O–H groups in total. The maximum atomic E-state index is 14.3. The Morgan fingerprint density at radius 2 is 1.51 bits per heavy atom. The van der Waals surface area contributed by atoms with Crippen molar-refractivity contribution in [3.05, 3.63) is 29.8 Å². The minimum Gasteiger partial charge on any atom is -0.508 e. The molecule has 1 fully saturated rings. The highest BCUT2D eigenvalue weighted by Crippen LogP contribution is 2.21. The molecule has 2 unspecified atom stereocenters. The lowest BCUT2D eigenvalue weighted by molar-refractivity contribution is -0.140. The van der Waals surface area contributed by atoms with Gasteiger partial charge in [0.2, 0.25) is 59.1 Å². The maximum absolute atomic E-state index is 14.3. The van der Waals surface area contributed by atoms with E-state index in [1.165, 1.54) is 31.3 Å². The van der Waals surface area contributed by atoms with Gasteiger partial charge in [0.1, 0.15) is 41.5 Å². The van der Waals surface area contributed by atoms with E-state index in [1.54, 1.807) is 34.6 Å². The molecule has 7 atom stereocenters. The molecular formula is C44H68N12O13. The van der Waals surface area contributed by atoms with Crippen molar-refractivity contribution in [3.63, 3.8) is 0 Å². The monoisotopic (exact) mass is 973 g/mol. The molecule has 0 saturated carbocycles. The summed E-state index contributed by atoms with van der Waals surface area (Å²) in [5, 5.41) is 30.6. The first-order valence-electron chi connectivity index (χ1n) is 22.2. The number of primary amides is 3. The molecule has 1 aromatic rings. The van der Waals surface area contributed by atoms with Gasteiger partial charge in [0.15, 0.2) is 0 Å². The van der Waals surface area contributed by atoms with E-state index in [0.717, 1.165) is 4.90 Å². The standard InChI is InChI=1S/C44H68N12O13/c1-7-25(2)36-39(67)55-43(23-57,15-14-30(45)60)21-50-29(16-31(46)61)38(66)52-28(41(69)56(6)20-35(65)53-37(42(3,4)5)40(68)49-18-32(47)62)12-13-33(63)48-19-34(64)54-44(24-58,22-51-36)17-26-8-10-27(59)11-9-26/h8-11,23-25,28-29,36-37,50-51,59H,7,12-22H2,1-6H3,(H2,45,60)(H2,46,61)(H2,47,62)(H,48,63)(H,49,68)(H,52,66)(H,53,65)(H,54,64)(H,55,67)/t25?,28-,29-,36?,37+,43-,44+/m0/s1. The van der Waals surface area contributed by atoms with Crippen LogP contribution in [0.4, 0.5) is 0 Å². The van der Waals surface area contributed by atoms with E-state index in [0.29, 0.717) is 24.6 Å². The largest absolute Gasteiger partial charge is 0.508 e. The molecule has 0 bridgehead atoms. The third kappa shape index (κ3) is 19.2. The zero-order valence-electron chi connectivity index (χ0n) is 39.9.